The van der Waals surface area contributed by atoms with Crippen LogP contribution in [0.4, 0.5) is 5.82 Å². The van der Waals surface area contributed by atoms with E-state index in [9.17, 15) is 4.79 Å². The van der Waals surface area contributed by atoms with Gasteiger partial charge in [0.05, 0.1) is 0 Å². The SMILES string of the molecule is CCCNc1cc(C(=O)N2CCC(C)(C)CC2)ccn1. The van der Waals surface area contributed by atoms with Crippen molar-refractivity contribution in [2.24, 2.45) is 5.41 Å². The molecule has 0 aromatic carbocycles. The maximum atomic E-state index is 12.5. The van der Waals surface area contributed by atoms with Gasteiger partial charge in [0.1, 0.15) is 5.82 Å². The third-order valence-corrected chi connectivity index (χ3v) is 3.97. The summed E-state index contributed by atoms with van der Waals surface area (Å²) in [6.45, 7) is 9.24. The Labute approximate surface area is 121 Å². The molecular formula is C16H25N3O. The average Bonchev–Trinajstić information content (AvgIpc) is 2.45. The van der Waals surface area contributed by atoms with Crippen molar-refractivity contribution in [3.05, 3.63) is 23.9 Å². The highest BCUT2D eigenvalue weighted by atomic mass is 16.2. The summed E-state index contributed by atoms with van der Waals surface area (Å²) in [6.07, 6.45) is 4.90. The molecule has 1 aromatic heterocycles. The second-order valence-electron chi connectivity index (χ2n) is 6.31. The summed E-state index contributed by atoms with van der Waals surface area (Å²) in [5.74, 6) is 0.914. The van der Waals surface area contributed by atoms with Crippen LogP contribution in [-0.2, 0) is 0 Å². The summed E-state index contributed by atoms with van der Waals surface area (Å²) in [5.41, 5.74) is 1.10. The highest BCUT2D eigenvalue weighted by Gasteiger charge is 2.28. The fourth-order valence-corrected chi connectivity index (χ4v) is 2.41. The van der Waals surface area contributed by atoms with Gasteiger partial charge < -0.3 is 10.2 Å². The fourth-order valence-electron chi connectivity index (χ4n) is 2.41. The van der Waals surface area contributed by atoms with Crippen molar-refractivity contribution in [3.8, 4) is 0 Å². The van der Waals surface area contributed by atoms with Gasteiger partial charge in [0.25, 0.3) is 5.91 Å². The van der Waals surface area contributed by atoms with Gasteiger partial charge in [-0.15, -0.1) is 0 Å². The van der Waals surface area contributed by atoms with E-state index >= 15 is 0 Å². The molecule has 0 atom stereocenters. The van der Waals surface area contributed by atoms with Crippen molar-refractivity contribution < 1.29 is 4.79 Å². The van der Waals surface area contributed by atoms with Crippen molar-refractivity contribution in [2.75, 3.05) is 25.0 Å². The molecule has 0 unspecified atom stereocenters. The second-order valence-corrected chi connectivity index (χ2v) is 6.31. The number of nitrogens with one attached hydrogen (secondary N) is 1. The Balaban J connectivity index is 2.02. The molecule has 4 nitrogen and oxygen atoms in total. The first-order valence-corrected chi connectivity index (χ1v) is 7.51. The molecule has 1 amide bonds. The monoisotopic (exact) mass is 275 g/mol. The van der Waals surface area contributed by atoms with Crippen molar-refractivity contribution in [1.82, 2.24) is 9.88 Å². The molecule has 0 radical (unpaired) electrons. The Kier molecular flexibility index (Phi) is 4.63. The van der Waals surface area contributed by atoms with E-state index in [1.54, 1.807) is 12.3 Å². The van der Waals surface area contributed by atoms with Gasteiger partial charge in [0.2, 0.25) is 0 Å². The summed E-state index contributed by atoms with van der Waals surface area (Å²) in [6, 6.07) is 3.66. The Bertz CT molecular complexity index is 461. The maximum absolute atomic E-state index is 12.5. The molecule has 2 heterocycles. The van der Waals surface area contributed by atoms with Gasteiger partial charge in [0.15, 0.2) is 0 Å². The molecule has 1 saturated heterocycles. The second kappa shape index (κ2) is 6.25. The number of nitrogens with zero attached hydrogens (tertiary/aromatic N) is 2. The van der Waals surface area contributed by atoms with Crippen LogP contribution in [0.1, 0.15) is 50.4 Å². The minimum absolute atomic E-state index is 0.127. The Hall–Kier alpha value is -1.58. The molecule has 1 fully saturated rings. The van der Waals surface area contributed by atoms with Crippen LogP contribution in [0, 0.1) is 5.41 Å². The number of likely N-dealkylation sites (tertiary alicyclic amines) is 1. The Morgan fingerprint density at radius 3 is 2.75 bits per heavy atom. The Morgan fingerprint density at radius 2 is 2.10 bits per heavy atom. The number of rotatable bonds is 4. The third kappa shape index (κ3) is 3.71. The van der Waals surface area contributed by atoms with Gasteiger partial charge in [-0.2, -0.15) is 0 Å². The van der Waals surface area contributed by atoms with Gasteiger partial charge in [-0.3, -0.25) is 4.79 Å². The number of carbonyl (C=O) groups is 1. The highest BCUT2D eigenvalue weighted by molar-refractivity contribution is 5.94. The lowest BCUT2D eigenvalue weighted by molar-refractivity contribution is 0.0630. The van der Waals surface area contributed by atoms with Crippen LogP contribution >= 0.6 is 0 Å². The van der Waals surface area contributed by atoms with Gasteiger partial charge in [0, 0.05) is 31.4 Å². The number of aromatic nitrogens is 1. The van der Waals surface area contributed by atoms with Crippen LogP contribution in [0.3, 0.4) is 0 Å². The van der Waals surface area contributed by atoms with Crippen molar-refractivity contribution in [2.45, 2.75) is 40.0 Å². The first kappa shape index (κ1) is 14.8. The molecule has 1 aliphatic heterocycles. The summed E-state index contributed by atoms with van der Waals surface area (Å²) in [5, 5.41) is 3.22. The number of hydrogen-bond donors (Lipinski definition) is 1. The normalized spacial score (nSPS) is 17.9. The van der Waals surface area contributed by atoms with E-state index in [2.05, 4.69) is 31.1 Å². The molecule has 0 bridgehead atoms. The summed E-state index contributed by atoms with van der Waals surface area (Å²) in [4.78, 5) is 18.7. The van der Waals surface area contributed by atoms with Gasteiger partial charge in [-0.05, 0) is 36.8 Å². The molecule has 0 saturated carbocycles. The molecular weight excluding hydrogens is 250 g/mol. The quantitative estimate of drug-likeness (QED) is 0.918. The lowest BCUT2D eigenvalue weighted by atomic mass is 9.82. The van der Waals surface area contributed by atoms with E-state index < -0.39 is 0 Å². The minimum atomic E-state index is 0.127. The smallest absolute Gasteiger partial charge is 0.254 e. The number of hydrogen-bond acceptors (Lipinski definition) is 3. The zero-order chi connectivity index (χ0) is 14.6. The zero-order valence-corrected chi connectivity index (χ0v) is 12.8. The number of amides is 1. The molecule has 1 N–H and O–H groups in total. The van der Waals surface area contributed by atoms with Crippen LogP contribution in [0.2, 0.25) is 0 Å². The van der Waals surface area contributed by atoms with Crippen LogP contribution in [0.5, 0.6) is 0 Å². The maximum Gasteiger partial charge on any atom is 0.254 e. The molecule has 1 aliphatic rings. The predicted molar refractivity (Wildman–Crippen MR) is 81.9 cm³/mol. The fraction of sp³-hybridized carbons (Fsp3) is 0.625. The van der Waals surface area contributed by atoms with Crippen LogP contribution in [0.25, 0.3) is 0 Å². The molecule has 1 aromatic rings. The number of carbonyl (C=O) groups excluding carboxylic acids is 1. The van der Waals surface area contributed by atoms with Crippen LogP contribution in [-0.4, -0.2) is 35.4 Å². The van der Waals surface area contributed by atoms with Crippen LogP contribution in [0.15, 0.2) is 18.3 Å². The molecule has 4 heteroatoms. The number of piperidine rings is 1. The standard InChI is InChI=1S/C16H25N3O/c1-4-8-17-14-12-13(5-9-18-14)15(20)19-10-6-16(2,3)7-11-19/h5,9,12H,4,6-8,10-11H2,1-3H3,(H,17,18). The molecule has 2 rings (SSSR count). The summed E-state index contributed by atoms with van der Waals surface area (Å²) in [7, 11) is 0. The molecule has 0 aliphatic carbocycles. The lowest BCUT2D eigenvalue weighted by Gasteiger charge is -2.37. The first-order valence-electron chi connectivity index (χ1n) is 7.51. The van der Waals surface area contributed by atoms with Crippen molar-refractivity contribution in [3.63, 3.8) is 0 Å². The van der Waals surface area contributed by atoms with E-state index in [-0.39, 0.29) is 5.91 Å². The molecule has 20 heavy (non-hydrogen) atoms. The van der Waals surface area contributed by atoms with Crippen LogP contribution < -0.4 is 5.32 Å². The highest BCUT2D eigenvalue weighted by Crippen LogP contribution is 2.30. The largest absolute Gasteiger partial charge is 0.370 e. The van der Waals surface area contributed by atoms with Crippen molar-refractivity contribution in [1.29, 1.82) is 0 Å². The first-order chi connectivity index (χ1) is 9.52. The predicted octanol–water partition coefficient (Wildman–Crippen LogP) is 3.17. The van der Waals surface area contributed by atoms with Gasteiger partial charge in [-0.25, -0.2) is 4.98 Å². The van der Waals surface area contributed by atoms with Gasteiger partial charge >= 0.3 is 0 Å². The molecule has 0 spiro atoms. The summed E-state index contributed by atoms with van der Waals surface area (Å²) < 4.78 is 0. The lowest BCUT2D eigenvalue weighted by Crippen LogP contribution is -2.41. The van der Waals surface area contributed by atoms with E-state index in [4.69, 9.17) is 0 Å². The van der Waals surface area contributed by atoms with E-state index in [1.807, 2.05) is 11.0 Å². The topological polar surface area (TPSA) is 45.2 Å². The van der Waals surface area contributed by atoms with E-state index in [0.29, 0.717) is 5.41 Å². The zero-order valence-electron chi connectivity index (χ0n) is 12.8. The molecule has 110 valence electrons. The van der Waals surface area contributed by atoms with E-state index in [0.717, 1.165) is 50.3 Å². The average molecular weight is 275 g/mol. The number of pyridine rings is 1. The third-order valence-electron chi connectivity index (χ3n) is 3.97. The Morgan fingerprint density at radius 1 is 1.40 bits per heavy atom. The number of anilines is 1. The van der Waals surface area contributed by atoms with E-state index in [1.165, 1.54) is 0 Å². The van der Waals surface area contributed by atoms with Gasteiger partial charge in [-0.1, -0.05) is 20.8 Å². The van der Waals surface area contributed by atoms with Crippen molar-refractivity contribution >= 4 is 11.7 Å². The minimum Gasteiger partial charge on any atom is -0.370 e. The summed E-state index contributed by atoms with van der Waals surface area (Å²) >= 11 is 0.